The first kappa shape index (κ1) is 19.2. The lowest BCUT2D eigenvalue weighted by Gasteiger charge is -2.36. The van der Waals surface area contributed by atoms with Gasteiger partial charge in [0.25, 0.3) is 5.79 Å². The van der Waals surface area contributed by atoms with E-state index in [1.807, 2.05) is 36.4 Å². The molecule has 4 rings (SSSR count). The number of likely N-dealkylation sites (tertiary alicyclic amines) is 1. The summed E-state index contributed by atoms with van der Waals surface area (Å²) in [7, 11) is 3.26. The van der Waals surface area contributed by atoms with Crippen LogP contribution in [0.25, 0.3) is 11.1 Å². The van der Waals surface area contributed by atoms with Crippen molar-refractivity contribution in [1.29, 1.82) is 0 Å². The Morgan fingerprint density at radius 1 is 1.03 bits per heavy atom. The molecule has 2 aliphatic heterocycles. The van der Waals surface area contributed by atoms with Crippen LogP contribution < -0.4 is 18.9 Å². The van der Waals surface area contributed by atoms with Crippen molar-refractivity contribution in [3.8, 4) is 34.1 Å². The molecule has 0 unspecified atom stereocenters. The zero-order valence-corrected chi connectivity index (χ0v) is 16.9. The fourth-order valence-electron chi connectivity index (χ4n) is 3.75. The Hall–Kier alpha value is -3.09. The van der Waals surface area contributed by atoms with Crippen LogP contribution in [0.2, 0.25) is 0 Å². The fraction of sp³-hybridized carbons (Fsp3) is 0.409. The van der Waals surface area contributed by atoms with Gasteiger partial charge in [0.1, 0.15) is 11.5 Å². The molecule has 2 aliphatic rings. The lowest BCUT2D eigenvalue weighted by atomic mass is 10.0. The maximum atomic E-state index is 11.9. The van der Waals surface area contributed by atoms with Gasteiger partial charge in [0, 0.05) is 37.6 Å². The first-order valence-electron chi connectivity index (χ1n) is 9.73. The Labute approximate surface area is 170 Å². The number of methoxy groups -OCH3 is 2. The third kappa shape index (κ3) is 3.64. The van der Waals surface area contributed by atoms with Gasteiger partial charge in [-0.15, -0.1) is 0 Å². The Balaban J connectivity index is 1.52. The number of carbonyl (C=O) groups is 1. The molecule has 0 atom stereocenters. The largest absolute Gasteiger partial charge is 0.497 e. The lowest BCUT2D eigenvalue weighted by molar-refractivity contribution is -0.115. The number of benzene rings is 2. The maximum Gasteiger partial charge on any atom is 0.409 e. The smallest absolute Gasteiger partial charge is 0.409 e. The van der Waals surface area contributed by atoms with Crippen LogP contribution in [0.15, 0.2) is 36.4 Å². The highest BCUT2D eigenvalue weighted by Crippen LogP contribution is 2.46. The highest BCUT2D eigenvalue weighted by atomic mass is 16.7. The second-order valence-electron chi connectivity index (χ2n) is 7.03. The van der Waals surface area contributed by atoms with Gasteiger partial charge >= 0.3 is 6.09 Å². The molecule has 1 amide bonds. The third-order valence-electron chi connectivity index (χ3n) is 5.31. The van der Waals surface area contributed by atoms with Crippen molar-refractivity contribution in [3.05, 3.63) is 36.4 Å². The number of hydrogen-bond acceptors (Lipinski definition) is 6. The van der Waals surface area contributed by atoms with E-state index >= 15 is 0 Å². The summed E-state index contributed by atoms with van der Waals surface area (Å²) in [4.78, 5) is 13.6. The molecule has 0 radical (unpaired) electrons. The van der Waals surface area contributed by atoms with Gasteiger partial charge in [-0.1, -0.05) is 6.07 Å². The van der Waals surface area contributed by atoms with Gasteiger partial charge in [-0.05, 0) is 36.8 Å². The molecule has 0 bridgehead atoms. The van der Waals surface area contributed by atoms with Crippen molar-refractivity contribution in [2.24, 2.45) is 0 Å². The van der Waals surface area contributed by atoms with E-state index in [-0.39, 0.29) is 6.09 Å². The maximum absolute atomic E-state index is 11.9. The van der Waals surface area contributed by atoms with Gasteiger partial charge in [-0.3, -0.25) is 0 Å². The summed E-state index contributed by atoms with van der Waals surface area (Å²) in [5.74, 6) is 2.14. The highest BCUT2D eigenvalue weighted by molar-refractivity contribution is 5.74. The number of hydrogen-bond donors (Lipinski definition) is 0. The first-order chi connectivity index (χ1) is 14.1. The van der Waals surface area contributed by atoms with Gasteiger partial charge in [0.2, 0.25) is 0 Å². The van der Waals surface area contributed by atoms with Crippen LogP contribution in [0.4, 0.5) is 4.79 Å². The van der Waals surface area contributed by atoms with Crippen LogP contribution >= 0.6 is 0 Å². The number of rotatable bonds is 4. The average Bonchev–Trinajstić information content (AvgIpc) is 3.10. The Bertz CT molecular complexity index is 904. The summed E-state index contributed by atoms with van der Waals surface area (Å²) in [6.07, 6.45) is 0.885. The summed E-state index contributed by atoms with van der Waals surface area (Å²) >= 11 is 0. The summed E-state index contributed by atoms with van der Waals surface area (Å²) in [6.45, 7) is 3.24. The van der Waals surface area contributed by atoms with Gasteiger partial charge in [-0.2, -0.15) is 0 Å². The standard InChI is InChI=1S/C22H25NO6/c1-4-27-21(24)23-11-9-22(10-12-23)28-18-8-5-15(13-20(18)29-22)17-7-6-16(25-2)14-19(17)26-3/h5-8,13-14H,4,9-12H2,1-3H3. The molecule has 7 nitrogen and oxygen atoms in total. The Morgan fingerprint density at radius 3 is 2.48 bits per heavy atom. The predicted molar refractivity (Wildman–Crippen MR) is 107 cm³/mol. The van der Waals surface area contributed by atoms with Gasteiger partial charge in [0.05, 0.1) is 20.8 Å². The molecule has 2 aromatic carbocycles. The van der Waals surface area contributed by atoms with Gasteiger partial charge < -0.3 is 28.6 Å². The zero-order valence-electron chi connectivity index (χ0n) is 16.9. The third-order valence-corrected chi connectivity index (χ3v) is 5.31. The molecular weight excluding hydrogens is 374 g/mol. The molecule has 29 heavy (non-hydrogen) atoms. The molecule has 0 saturated carbocycles. The van der Waals surface area contributed by atoms with Crippen LogP contribution in [0.5, 0.6) is 23.0 Å². The first-order valence-corrected chi connectivity index (χ1v) is 9.73. The molecule has 0 N–H and O–H groups in total. The molecule has 0 aliphatic carbocycles. The summed E-state index contributed by atoms with van der Waals surface area (Å²) < 4.78 is 28.3. The van der Waals surface area contributed by atoms with Crippen LogP contribution in [0.3, 0.4) is 0 Å². The van der Waals surface area contributed by atoms with Crippen molar-refractivity contribution in [2.45, 2.75) is 25.6 Å². The number of fused-ring (bicyclic) bond motifs is 1. The van der Waals surface area contributed by atoms with E-state index < -0.39 is 5.79 Å². The van der Waals surface area contributed by atoms with Crippen LogP contribution in [0.1, 0.15) is 19.8 Å². The van der Waals surface area contributed by atoms with Crippen molar-refractivity contribution in [1.82, 2.24) is 4.90 Å². The fourth-order valence-corrected chi connectivity index (χ4v) is 3.75. The van der Waals surface area contributed by atoms with E-state index in [0.29, 0.717) is 44.0 Å². The van der Waals surface area contributed by atoms with Crippen molar-refractivity contribution in [3.63, 3.8) is 0 Å². The second-order valence-corrected chi connectivity index (χ2v) is 7.03. The molecule has 1 spiro atoms. The highest BCUT2D eigenvalue weighted by Gasteiger charge is 2.45. The van der Waals surface area contributed by atoms with Crippen molar-refractivity contribution < 1.29 is 28.5 Å². The monoisotopic (exact) mass is 399 g/mol. The second kappa shape index (κ2) is 7.73. The van der Waals surface area contributed by atoms with E-state index in [0.717, 1.165) is 22.6 Å². The molecule has 7 heteroatoms. The predicted octanol–water partition coefficient (Wildman–Crippen LogP) is 4.09. The molecule has 154 valence electrons. The summed E-state index contributed by atoms with van der Waals surface area (Å²) in [6, 6.07) is 11.6. The van der Waals surface area contributed by atoms with Gasteiger partial charge in [0.15, 0.2) is 11.5 Å². The van der Waals surface area contributed by atoms with E-state index in [9.17, 15) is 4.79 Å². The normalized spacial score (nSPS) is 16.6. The quantitative estimate of drug-likeness (QED) is 0.772. The summed E-state index contributed by atoms with van der Waals surface area (Å²) in [5.41, 5.74) is 1.91. The van der Waals surface area contributed by atoms with E-state index in [1.54, 1.807) is 26.0 Å². The number of piperidine rings is 1. The minimum absolute atomic E-state index is 0.285. The molecule has 2 heterocycles. The summed E-state index contributed by atoms with van der Waals surface area (Å²) in [5, 5.41) is 0. The average molecular weight is 399 g/mol. The van der Waals surface area contributed by atoms with Crippen LogP contribution in [-0.4, -0.2) is 50.7 Å². The van der Waals surface area contributed by atoms with Crippen LogP contribution in [-0.2, 0) is 4.74 Å². The molecule has 2 aromatic rings. The topological polar surface area (TPSA) is 66.5 Å². The number of amides is 1. The SMILES string of the molecule is CCOC(=O)N1CCC2(CC1)Oc1ccc(-c3ccc(OC)cc3OC)cc1O2. The zero-order chi connectivity index (χ0) is 20.4. The van der Waals surface area contributed by atoms with Crippen molar-refractivity contribution in [2.75, 3.05) is 33.9 Å². The lowest BCUT2D eigenvalue weighted by Crippen LogP contribution is -2.51. The number of nitrogens with zero attached hydrogens (tertiary/aromatic N) is 1. The van der Waals surface area contributed by atoms with E-state index in [1.165, 1.54) is 0 Å². The molecule has 1 saturated heterocycles. The minimum Gasteiger partial charge on any atom is -0.497 e. The van der Waals surface area contributed by atoms with E-state index in [2.05, 4.69) is 0 Å². The number of carbonyl (C=O) groups excluding carboxylic acids is 1. The van der Waals surface area contributed by atoms with Crippen LogP contribution in [0, 0.1) is 0 Å². The van der Waals surface area contributed by atoms with E-state index in [4.69, 9.17) is 23.7 Å². The minimum atomic E-state index is -0.728. The van der Waals surface area contributed by atoms with Gasteiger partial charge in [-0.25, -0.2) is 4.79 Å². The molecule has 0 aromatic heterocycles. The van der Waals surface area contributed by atoms with Crippen molar-refractivity contribution >= 4 is 6.09 Å². The Kier molecular flexibility index (Phi) is 5.13. The molecule has 1 fully saturated rings. The molecular formula is C22H25NO6. The Morgan fingerprint density at radius 2 is 1.79 bits per heavy atom. The number of ether oxygens (including phenoxy) is 5.